The second-order valence-electron chi connectivity index (χ2n) is 4.94. The van der Waals surface area contributed by atoms with Gasteiger partial charge in [0.15, 0.2) is 0 Å². The van der Waals surface area contributed by atoms with Gasteiger partial charge >= 0.3 is 0 Å². The second kappa shape index (κ2) is 5.53. The molecule has 0 aromatic heterocycles. The van der Waals surface area contributed by atoms with Crippen LogP contribution in [-0.2, 0) is 13.2 Å². The Hall–Kier alpha value is -2.04. The molecule has 0 radical (unpaired) electrons. The van der Waals surface area contributed by atoms with Gasteiger partial charge in [-0.3, -0.25) is 0 Å². The number of nitrogens with one attached hydrogen (secondary N) is 1. The Kier molecular flexibility index (Phi) is 3.58. The lowest BCUT2D eigenvalue weighted by Gasteiger charge is -2.12. The molecule has 0 amide bonds. The maximum Gasteiger partial charge on any atom is 0.127 e. The molecule has 1 aliphatic heterocycles. The van der Waals surface area contributed by atoms with Crippen molar-refractivity contribution in [3.05, 3.63) is 59.2 Å². The van der Waals surface area contributed by atoms with Crippen molar-refractivity contribution in [2.45, 2.75) is 19.2 Å². The van der Waals surface area contributed by atoms with E-state index in [2.05, 4.69) is 5.32 Å². The van der Waals surface area contributed by atoms with E-state index in [1.54, 1.807) is 12.1 Å². The van der Waals surface area contributed by atoms with E-state index in [1.165, 1.54) is 0 Å². The quantitative estimate of drug-likeness (QED) is 0.797. The van der Waals surface area contributed by atoms with Gasteiger partial charge in [0.2, 0.25) is 0 Å². The highest BCUT2D eigenvalue weighted by Crippen LogP contribution is 2.34. The fourth-order valence-electron chi connectivity index (χ4n) is 2.45. The van der Waals surface area contributed by atoms with Crippen LogP contribution in [0.2, 0.25) is 0 Å². The maximum atomic E-state index is 9.42. The van der Waals surface area contributed by atoms with Gasteiger partial charge < -0.3 is 20.3 Å². The molecule has 0 aliphatic carbocycles. The first-order chi connectivity index (χ1) is 9.76. The van der Waals surface area contributed by atoms with Gasteiger partial charge in [-0.2, -0.15) is 0 Å². The SMILES string of the molecule is OCc1cccc(CNC2COc3cc(O)ccc32)c1. The zero-order chi connectivity index (χ0) is 13.9. The van der Waals surface area contributed by atoms with Gasteiger partial charge in [0, 0.05) is 18.2 Å². The minimum Gasteiger partial charge on any atom is -0.508 e. The highest BCUT2D eigenvalue weighted by atomic mass is 16.5. The number of fused-ring (bicyclic) bond motifs is 1. The Bertz CT molecular complexity index is 612. The molecule has 104 valence electrons. The molecule has 2 aromatic rings. The number of hydrogen-bond acceptors (Lipinski definition) is 4. The predicted molar refractivity (Wildman–Crippen MR) is 75.5 cm³/mol. The van der Waals surface area contributed by atoms with Crippen LogP contribution in [0.4, 0.5) is 0 Å². The van der Waals surface area contributed by atoms with E-state index in [4.69, 9.17) is 9.84 Å². The van der Waals surface area contributed by atoms with E-state index in [-0.39, 0.29) is 18.4 Å². The number of aromatic hydroxyl groups is 1. The molecule has 1 atom stereocenters. The summed E-state index contributed by atoms with van der Waals surface area (Å²) in [6.07, 6.45) is 0. The first-order valence-electron chi connectivity index (χ1n) is 6.64. The van der Waals surface area contributed by atoms with E-state index in [9.17, 15) is 5.11 Å². The zero-order valence-electron chi connectivity index (χ0n) is 11.0. The van der Waals surface area contributed by atoms with Crippen molar-refractivity contribution >= 4 is 0 Å². The molecule has 0 saturated heterocycles. The van der Waals surface area contributed by atoms with Crippen molar-refractivity contribution in [1.82, 2.24) is 5.32 Å². The van der Waals surface area contributed by atoms with E-state index >= 15 is 0 Å². The van der Waals surface area contributed by atoms with Crippen LogP contribution in [0.25, 0.3) is 0 Å². The minimum atomic E-state index is 0.0580. The average molecular weight is 271 g/mol. The van der Waals surface area contributed by atoms with E-state index in [1.807, 2.05) is 30.3 Å². The number of benzene rings is 2. The zero-order valence-corrected chi connectivity index (χ0v) is 11.0. The van der Waals surface area contributed by atoms with Gasteiger partial charge in [0.05, 0.1) is 12.6 Å². The summed E-state index contributed by atoms with van der Waals surface area (Å²) in [6, 6.07) is 13.2. The average Bonchev–Trinajstić information content (AvgIpc) is 2.87. The van der Waals surface area contributed by atoms with Gasteiger partial charge in [0.25, 0.3) is 0 Å². The number of aliphatic hydroxyl groups excluding tert-OH is 1. The fraction of sp³-hybridized carbons (Fsp3) is 0.250. The summed E-state index contributed by atoms with van der Waals surface area (Å²) >= 11 is 0. The molecule has 4 heteroatoms. The topological polar surface area (TPSA) is 61.7 Å². The molecule has 3 rings (SSSR count). The van der Waals surface area contributed by atoms with Crippen LogP contribution in [0.15, 0.2) is 42.5 Å². The van der Waals surface area contributed by atoms with Crippen molar-refractivity contribution in [1.29, 1.82) is 0 Å². The lowest BCUT2D eigenvalue weighted by atomic mass is 10.1. The molecule has 1 aliphatic rings. The molecule has 0 bridgehead atoms. The van der Waals surface area contributed by atoms with Gasteiger partial charge in [-0.25, -0.2) is 0 Å². The Morgan fingerprint density at radius 1 is 1.15 bits per heavy atom. The smallest absolute Gasteiger partial charge is 0.127 e. The highest BCUT2D eigenvalue weighted by molar-refractivity contribution is 5.44. The van der Waals surface area contributed by atoms with Crippen molar-refractivity contribution in [2.24, 2.45) is 0 Å². The molecule has 0 saturated carbocycles. The summed E-state index contributed by atoms with van der Waals surface area (Å²) in [5.41, 5.74) is 3.11. The third kappa shape index (κ3) is 2.61. The van der Waals surface area contributed by atoms with Gasteiger partial charge in [-0.05, 0) is 23.3 Å². The molecule has 3 N–H and O–H groups in total. The summed E-state index contributed by atoms with van der Waals surface area (Å²) < 4.78 is 5.56. The first kappa shape index (κ1) is 13.0. The summed E-state index contributed by atoms with van der Waals surface area (Å²) in [5.74, 6) is 0.964. The van der Waals surface area contributed by atoms with E-state index in [0.717, 1.165) is 22.4 Å². The normalized spacial score (nSPS) is 16.8. The number of hydrogen-bond donors (Lipinski definition) is 3. The molecule has 1 heterocycles. The third-order valence-electron chi connectivity index (χ3n) is 3.50. The lowest BCUT2D eigenvalue weighted by Crippen LogP contribution is -2.22. The van der Waals surface area contributed by atoms with Crippen LogP contribution in [0.3, 0.4) is 0 Å². The van der Waals surface area contributed by atoms with Crippen LogP contribution < -0.4 is 10.1 Å². The van der Waals surface area contributed by atoms with Crippen molar-refractivity contribution in [3.8, 4) is 11.5 Å². The molecule has 2 aromatic carbocycles. The van der Waals surface area contributed by atoms with Gasteiger partial charge in [-0.15, -0.1) is 0 Å². The number of rotatable bonds is 4. The largest absolute Gasteiger partial charge is 0.508 e. The van der Waals surface area contributed by atoms with E-state index < -0.39 is 0 Å². The highest BCUT2D eigenvalue weighted by Gasteiger charge is 2.23. The molecule has 4 nitrogen and oxygen atoms in total. The first-order valence-corrected chi connectivity index (χ1v) is 6.64. The van der Waals surface area contributed by atoms with Crippen LogP contribution in [-0.4, -0.2) is 16.8 Å². The van der Waals surface area contributed by atoms with Crippen LogP contribution >= 0.6 is 0 Å². The summed E-state index contributed by atoms with van der Waals surface area (Å²) in [6.45, 7) is 1.34. The number of ether oxygens (including phenoxy) is 1. The molecule has 0 spiro atoms. The number of aliphatic hydroxyl groups is 1. The predicted octanol–water partition coefficient (Wildman–Crippen LogP) is 2.11. The van der Waals surface area contributed by atoms with E-state index in [0.29, 0.717) is 13.2 Å². The summed E-state index contributed by atoms with van der Waals surface area (Å²) in [7, 11) is 0. The third-order valence-corrected chi connectivity index (χ3v) is 3.50. The standard InChI is InChI=1S/C16H17NO3/c18-9-12-3-1-2-11(6-12)8-17-15-10-20-16-7-13(19)4-5-14(15)16/h1-7,15,17-19H,8-10H2. The Labute approximate surface area is 117 Å². The van der Waals surface area contributed by atoms with Crippen LogP contribution in [0, 0.1) is 0 Å². The summed E-state index contributed by atoms with van der Waals surface area (Å²) in [5, 5.41) is 22.0. The molecule has 0 fully saturated rings. The van der Waals surface area contributed by atoms with Gasteiger partial charge in [-0.1, -0.05) is 24.3 Å². The molecular formula is C16H17NO3. The minimum absolute atomic E-state index is 0.0580. The maximum absolute atomic E-state index is 9.42. The monoisotopic (exact) mass is 271 g/mol. The van der Waals surface area contributed by atoms with Crippen molar-refractivity contribution in [2.75, 3.05) is 6.61 Å². The van der Waals surface area contributed by atoms with Crippen molar-refractivity contribution in [3.63, 3.8) is 0 Å². The molecule has 20 heavy (non-hydrogen) atoms. The molecular weight excluding hydrogens is 254 g/mol. The Morgan fingerprint density at radius 2 is 2.00 bits per heavy atom. The Balaban J connectivity index is 1.68. The Morgan fingerprint density at radius 3 is 2.85 bits per heavy atom. The number of phenolic OH excluding ortho intramolecular Hbond substituents is 1. The van der Waals surface area contributed by atoms with Gasteiger partial charge in [0.1, 0.15) is 18.1 Å². The van der Waals surface area contributed by atoms with Crippen LogP contribution in [0.5, 0.6) is 11.5 Å². The van der Waals surface area contributed by atoms with Crippen molar-refractivity contribution < 1.29 is 14.9 Å². The fourth-order valence-corrected chi connectivity index (χ4v) is 2.45. The van der Waals surface area contributed by atoms with Crippen LogP contribution in [0.1, 0.15) is 22.7 Å². The molecule has 1 unspecified atom stereocenters. The second-order valence-corrected chi connectivity index (χ2v) is 4.94. The summed E-state index contributed by atoms with van der Waals surface area (Å²) in [4.78, 5) is 0. The number of phenols is 1. The lowest BCUT2D eigenvalue weighted by molar-refractivity contribution is 0.281.